The first-order chi connectivity index (χ1) is 9.52. The number of hydrogen-bond acceptors (Lipinski definition) is 2. The first-order valence-corrected chi connectivity index (χ1v) is 7.73. The van der Waals surface area contributed by atoms with E-state index < -0.39 is 0 Å². The Morgan fingerprint density at radius 2 is 1.95 bits per heavy atom. The molecule has 1 saturated heterocycles. The van der Waals surface area contributed by atoms with E-state index in [-0.39, 0.29) is 11.9 Å². The molecule has 1 aliphatic heterocycles. The van der Waals surface area contributed by atoms with E-state index in [1.165, 1.54) is 12.8 Å². The van der Waals surface area contributed by atoms with Crippen LogP contribution in [0.2, 0.25) is 0 Å². The minimum atomic E-state index is -0.128. The van der Waals surface area contributed by atoms with Crippen molar-refractivity contribution >= 4 is 0 Å². The van der Waals surface area contributed by atoms with E-state index in [2.05, 4.69) is 18.7 Å². The zero-order chi connectivity index (χ0) is 14.7. The Morgan fingerprint density at radius 3 is 2.50 bits per heavy atom. The minimum absolute atomic E-state index is 0.0167. The lowest BCUT2D eigenvalue weighted by molar-refractivity contribution is 0.115. The largest absolute Gasteiger partial charge is 0.329 e. The summed E-state index contributed by atoms with van der Waals surface area (Å²) in [6, 6.07) is 5.34. The van der Waals surface area contributed by atoms with Gasteiger partial charge in [0, 0.05) is 18.2 Å². The van der Waals surface area contributed by atoms with Crippen LogP contribution in [-0.4, -0.2) is 24.5 Å². The number of rotatable bonds is 4. The Morgan fingerprint density at radius 1 is 1.30 bits per heavy atom. The predicted octanol–water partition coefficient (Wildman–Crippen LogP) is 3.50. The van der Waals surface area contributed by atoms with Gasteiger partial charge in [-0.25, -0.2) is 4.39 Å². The van der Waals surface area contributed by atoms with Crippen LogP contribution in [0.3, 0.4) is 0 Å². The smallest absolute Gasteiger partial charge is 0.128 e. The fourth-order valence-electron chi connectivity index (χ4n) is 3.29. The van der Waals surface area contributed by atoms with Crippen LogP contribution in [0.15, 0.2) is 18.2 Å². The van der Waals surface area contributed by atoms with E-state index in [0.29, 0.717) is 6.54 Å². The summed E-state index contributed by atoms with van der Waals surface area (Å²) in [5.74, 6) is 1.41. The maximum absolute atomic E-state index is 14.1. The van der Waals surface area contributed by atoms with Crippen LogP contribution in [0.25, 0.3) is 0 Å². The summed E-state index contributed by atoms with van der Waals surface area (Å²) in [4.78, 5) is 2.36. The molecule has 3 heteroatoms. The molecule has 2 nitrogen and oxygen atoms in total. The molecule has 1 fully saturated rings. The van der Waals surface area contributed by atoms with Crippen LogP contribution < -0.4 is 5.73 Å². The van der Waals surface area contributed by atoms with Crippen LogP contribution in [0, 0.1) is 24.6 Å². The van der Waals surface area contributed by atoms with Gasteiger partial charge in [0.15, 0.2) is 0 Å². The molecule has 20 heavy (non-hydrogen) atoms. The van der Waals surface area contributed by atoms with Crippen molar-refractivity contribution in [2.24, 2.45) is 17.6 Å². The van der Waals surface area contributed by atoms with Crippen molar-refractivity contribution in [1.29, 1.82) is 0 Å². The molecule has 1 aromatic carbocycles. The molecule has 0 amide bonds. The number of aryl methyl sites for hydroxylation is 1. The molecule has 0 bridgehead atoms. The van der Waals surface area contributed by atoms with Crippen LogP contribution in [-0.2, 0) is 0 Å². The second-order valence-corrected chi connectivity index (χ2v) is 6.39. The monoisotopic (exact) mass is 278 g/mol. The number of piperidine rings is 1. The molecule has 0 spiro atoms. The maximum Gasteiger partial charge on any atom is 0.128 e. The van der Waals surface area contributed by atoms with Gasteiger partial charge in [0.25, 0.3) is 0 Å². The fourth-order valence-corrected chi connectivity index (χ4v) is 3.29. The van der Waals surface area contributed by atoms with Crippen molar-refractivity contribution in [3.63, 3.8) is 0 Å². The molecule has 112 valence electrons. The first-order valence-electron chi connectivity index (χ1n) is 7.73. The lowest BCUT2D eigenvalue weighted by Crippen LogP contribution is -2.41. The summed E-state index contributed by atoms with van der Waals surface area (Å²) >= 11 is 0. The third kappa shape index (κ3) is 3.39. The Bertz CT molecular complexity index is 437. The molecule has 0 aliphatic carbocycles. The second kappa shape index (κ2) is 6.68. The standard InChI is InChI=1S/C17H27FN2/c1-12(2)14-6-8-20(9-7-14)17(11-19)15-10-13(3)4-5-16(15)18/h4-5,10,12,14,17H,6-9,11,19H2,1-3H3. The van der Waals surface area contributed by atoms with Crippen LogP contribution >= 0.6 is 0 Å². The SMILES string of the molecule is Cc1ccc(F)c(C(CN)N2CCC(C(C)C)CC2)c1. The van der Waals surface area contributed by atoms with Crippen molar-refractivity contribution in [3.8, 4) is 0 Å². The van der Waals surface area contributed by atoms with Crippen molar-refractivity contribution in [3.05, 3.63) is 35.1 Å². The topological polar surface area (TPSA) is 29.3 Å². The Hall–Kier alpha value is -0.930. The highest BCUT2D eigenvalue weighted by molar-refractivity contribution is 5.27. The zero-order valence-electron chi connectivity index (χ0n) is 12.9. The van der Waals surface area contributed by atoms with Crippen molar-refractivity contribution in [2.75, 3.05) is 19.6 Å². The van der Waals surface area contributed by atoms with Crippen molar-refractivity contribution in [2.45, 2.75) is 39.7 Å². The molecule has 1 heterocycles. The average molecular weight is 278 g/mol. The summed E-state index contributed by atoms with van der Waals surface area (Å²) < 4.78 is 14.1. The third-order valence-corrected chi connectivity index (χ3v) is 4.69. The molecule has 2 N–H and O–H groups in total. The van der Waals surface area contributed by atoms with E-state index in [1.54, 1.807) is 6.07 Å². The summed E-state index contributed by atoms with van der Waals surface area (Å²) in [5.41, 5.74) is 7.79. The average Bonchev–Trinajstić information content (AvgIpc) is 2.44. The van der Waals surface area contributed by atoms with Gasteiger partial charge in [0.1, 0.15) is 5.82 Å². The lowest BCUT2D eigenvalue weighted by atomic mass is 9.85. The highest BCUT2D eigenvalue weighted by Crippen LogP contribution is 2.31. The van der Waals surface area contributed by atoms with E-state index in [1.807, 2.05) is 19.1 Å². The second-order valence-electron chi connectivity index (χ2n) is 6.39. The number of nitrogens with two attached hydrogens (primary N) is 1. The van der Waals surface area contributed by atoms with Crippen LogP contribution in [0.5, 0.6) is 0 Å². The molecule has 2 rings (SSSR count). The normalized spacial score (nSPS) is 19.5. The van der Waals surface area contributed by atoms with Crippen LogP contribution in [0.1, 0.15) is 43.9 Å². The molecule has 1 aliphatic rings. The summed E-state index contributed by atoms with van der Waals surface area (Å²) in [6.45, 7) is 9.12. The lowest BCUT2D eigenvalue weighted by Gasteiger charge is -2.38. The van der Waals surface area contributed by atoms with Gasteiger partial charge >= 0.3 is 0 Å². The predicted molar refractivity (Wildman–Crippen MR) is 82.1 cm³/mol. The van der Waals surface area contributed by atoms with Gasteiger partial charge in [-0.05, 0) is 50.8 Å². The van der Waals surface area contributed by atoms with E-state index in [4.69, 9.17) is 5.73 Å². The summed E-state index contributed by atoms with van der Waals surface area (Å²) in [6.07, 6.45) is 2.39. The number of nitrogens with zero attached hydrogens (tertiary/aromatic N) is 1. The Kier molecular flexibility index (Phi) is 5.17. The third-order valence-electron chi connectivity index (χ3n) is 4.69. The molecule has 1 unspecified atom stereocenters. The highest BCUT2D eigenvalue weighted by Gasteiger charge is 2.28. The Balaban J connectivity index is 2.11. The zero-order valence-corrected chi connectivity index (χ0v) is 12.9. The van der Waals surface area contributed by atoms with Crippen molar-refractivity contribution < 1.29 is 4.39 Å². The number of hydrogen-bond donors (Lipinski definition) is 1. The number of benzene rings is 1. The summed E-state index contributed by atoms with van der Waals surface area (Å²) in [7, 11) is 0. The van der Waals surface area contributed by atoms with E-state index in [9.17, 15) is 4.39 Å². The van der Waals surface area contributed by atoms with Gasteiger partial charge < -0.3 is 5.73 Å². The number of likely N-dealkylation sites (tertiary alicyclic amines) is 1. The minimum Gasteiger partial charge on any atom is -0.329 e. The molecule has 1 aromatic rings. The molecule has 0 aromatic heterocycles. The Labute approximate surface area is 122 Å². The molecular formula is C17H27FN2. The van der Waals surface area contributed by atoms with Gasteiger partial charge in [-0.1, -0.05) is 31.5 Å². The van der Waals surface area contributed by atoms with Crippen LogP contribution in [0.4, 0.5) is 4.39 Å². The van der Waals surface area contributed by atoms with Gasteiger partial charge in [0.2, 0.25) is 0 Å². The first kappa shape index (κ1) is 15.5. The van der Waals surface area contributed by atoms with E-state index >= 15 is 0 Å². The quantitative estimate of drug-likeness (QED) is 0.913. The van der Waals surface area contributed by atoms with Gasteiger partial charge in [0.05, 0.1) is 0 Å². The molecule has 1 atom stereocenters. The highest BCUT2D eigenvalue weighted by atomic mass is 19.1. The van der Waals surface area contributed by atoms with E-state index in [0.717, 1.165) is 36.1 Å². The maximum atomic E-state index is 14.1. The van der Waals surface area contributed by atoms with Gasteiger partial charge in [-0.15, -0.1) is 0 Å². The van der Waals surface area contributed by atoms with Gasteiger partial charge in [-0.3, -0.25) is 4.90 Å². The summed E-state index contributed by atoms with van der Waals surface area (Å²) in [5, 5.41) is 0. The van der Waals surface area contributed by atoms with Gasteiger partial charge in [-0.2, -0.15) is 0 Å². The molecular weight excluding hydrogens is 251 g/mol. The molecule has 0 radical (unpaired) electrons. The molecule has 0 saturated carbocycles. The number of halogens is 1. The van der Waals surface area contributed by atoms with Crippen molar-refractivity contribution in [1.82, 2.24) is 4.90 Å². The fraction of sp³-hybridized carbons (Fsp3) is 0.647.